The minimum Gasteiger partial charge on any atom is -0.313 e. The smallest absolute Gasteiger partial charge is 0.100 e. The Morgan fingerprint density at radius 3 is 2.94 bits per heavy atom. The van der Waals surface area contributed by atoms with Crippen LogP contribution in [0, 0.1) is 5.92 Å². The van der Waals surface area contributed by atoms with Crippen molar-refractivity contribution >= 4 is 11.8 Å². The first-order valence-corrected chi connectivity index (χ1v) is 7.53. The van der Waals surface area contributed by atoms with Crippen LogP contribution in [0.4, 0.5) is 0 Å². The van der Waals surface area contributed by atoms with E-state index >= 15 is 0 Å². The predicted molar refractivity (Wildman–Crippen MR) is 76.4 cm³/mol. The van der Waals surface area contributed by atoms with Gasteiger partial charge in [-0.25, -0.2) is 4.98 Å². The van der Waals surface area contributed by atoms with Crippen molar-refractivity contribution in [2.75, 3.05) is 12.3 Å². The highest BCUT2D eigenvalue weighted by atomic mass is 32.2. The molecular formula is C14H24N2S. The van der Waals surface area contributed by atoms with Crippen molar-refractivity contribution in [1.82, 2.24) is 10.3 Å². The summed E-state index contributed by atoms with van der Waals surface area (Å²) in [7, 11) is 0. The van der Waals surface area contributed by atoms with Gasteiger partial charge >= 0.3 is 0 Å². The lowest BCUT2D eigenvalue weighted by atomic mass is 10.2. The number of nitrogens with one attached hydrogen (secondary N) is 1. The van der Waals surface area contributed by atoms with Gasteiger partial charge in [0.2, 0.25) is 0 Å². The molecule has 1 atom stereocenters. The Labute approximate surface area is 110 Å². The van der Waals surface area contributed by atoms with Gasteiger partial charge in [-0.05, 0) is 30.5 Å². The molecule has 0 spiro atoms. The fourth-order valence-electron chi connectivity index (χ4n) is 1.43. The monoisotopic (exact) mass is 252 g/mol. The summed E-state index contributed by atoms with van der Waals surface area (Å²) in [6.07, 6.45) is 4.31. The van der Waals surface area contributed by atoms with Crippen LogP contribution in [0.1, 0.15) is 39.2 Å². The Morgan fingerprint density at radius 2 is 2.24 bits per heavy atom. The molecule has 0 saturated heterocycles. The van der Waals surface area contributed by atoms with E-state index in [1.165, 1.54) is 23.4 Å². The van der Waals surface area contributed by atoms with Gasteiger partial charge in [-0.2, -0.15) is 0 Å². The van der Waals surface area contributed by atoms with Crippen molar-refractivity contribution in [3.8, 4) is 0 Å². The fourth-order valence-corrected chi connectivity index (χ4v) is 2.57. The normalized spacial score (nSPS) is 12.6. The van der Waals surface area contributed by atoms with Crippen LogP contribution >= 0.6 is 11.8 Å². The van der Waals surface area contributed by atoms with Crippen LogP contribution in [-0.4, -0.2) is 17.3 Å². The summed E-state index contributed by atoms with van der Waals surface area (Å²) in [4.78, 5) is 4.49. The minimum atomic E-state index is 0.762. The summed E-state index contributed by atoms with van der Waals surface area (Å²) in [5, 5.41) is 4.63. The average molecular weight is 252 g/mol. The highest BCUT2D eigenvalue weighted by molar-refractivity contribution is 7.99. The molecule has 1 aromatic rings. The number of thioether (sulfide) groups is 1. The molecule has 3 heteroatoms. The largest absolute Gasteiger partial charge is 0.313 e. The third-order valence-electron chi connectivity index (χ3n) is 2.79. The Hall–Kier alpha value is -0.540. The van der Waals surface area contributed by atoms with E-state index in [4.69, 9.17) is 0 Å². The maximum atomic E-state index is 4.49. The van der Waals surface area contributed by atoms with Crippen molar-refractivity contribution < 1.29 is 0 Å². The molecule has 0 amide bonds. The summed E-state index contributed by atoms with van der Waals surface area (Å²) in [5.41, 5.74) is 1.33. The van der Waals surface area contributed by atoms with E-state index in [-0.39, 0.29) is 0 Å². The molecule has 1 heterocycles. The Morgan fingerprint density at radius 1 is 1.41 bits per heavy atom. The summed E-state index contributed by atoms with van der Waals surface area (Å²) in [6.45, 7) is 8.74. The number of aromatic nitrogens is 1. The molecule has 0 aromatic carbocycles. The predicted octanol–water partition coefficient (Wildman–Crippen LogP) is 3.72. The molecule has 96 valence electrons. The summed E-state index contributed by atoms with van der Waals surface area (Å²) >= 11 is 1.89. The second kappa shape index (κ2) is 8.54. The van der Waals surface area contributed by atoms with Gasteiger partial charge in [0.25, 0.3) is 0 Å². The number of hydrogen-bond donors (Lipinski definition) is 1. The quantitative estimate of drug-likeness (QED) is 0.564. The molecule has 1 rings (SSSR count). The first-order valence-electron chi connectivity index (χ1n) is 6.55. The minimum absolute atomic E-state index is 0.762. The van der Waals surface area contributed by atoms with Crippen LogP contribution in [-0.2, 0) is 6.54 Å². The lowest BCUT2D eigenvalue weighted by molar-refractivity contribution is 0.635. The second-order valence-electron chi connectivity index (χ2n) is 4.47. The van der Waals surface area contributed by atoms with Crippen LogP contribution in [0.15, 0.2) is 23.4 Å². The van der Waals surface area contributed by atoms with E-state index < -0.39 is 0 Å². The standard InChI is InChI=1S/C14H24N2S/c1-4-8-15-10-13-7-6-9-16-14(13)17-11-12(3)5-2/h6-7,9,12,15H,4-5,8,10-11H2,1-3H3. The lowest BCUT2D eigenvalue weighted by Crippen LogP contribution is -2.14. The zero-order chi connectivity index (χ0) is 12.5. The molecule has 2 nitrogen and oxygen atoms in total. The fraction of sp³-hybridized carbons (Fsp3) is 0.643. The highest BCUT2D eigenvalue weighted by Crippen LogP contribution is 2.23. The molecule has 0 saturated carbocycles. The average Bonchev–Trinajstić information content (AvgIpc) is 2.37. The summed E-state index contributed by atoms with van der Waals surface area (Å²) in [5.74, 6) is 1.92. The first-order chi connectivity index (χ1) is 8.27. The molecule has 1 N–H and O–H groups in total. The molecule has 0 aliphatic heterocycles. The molecule has 1 aromatic heterocycles. The van der Waals surface area contributed by atoms with E-state index in [9.17, 15) is 0 Å². The third kappa shape index (κ3) is 5.55. The second-order valence-corrected chi connectivity index (χ2v) is 5.48. The van der Waals surface area contributed by atoms with Gasteiger partial charge in [0.05, 0.1) is 0 Å². The van der Waals surface area contributed by atoms with Crippen molar-refractivity contribution in [3.05, 3.63) is 23.9 Å². The van der Waals surface area contributed by atoms with E-state index in [1.54, 1.807) is 0 Å². The maximum absolute atomic E-state index is 4.49. The van der Waals surface area contributed by atoms with Crippen molar-refractivity contribution in [2.45, 2.75) is 45.2 Å². The Bertz CT molecular complexity index is 315. The molecule has 0 bridgehead atoms. The SMILES string of the molecule is CCCNCc1cccnc1SCC(C)CC. The zero-order valence-corrected chi connectivity index (χ0v) is 12.0. The van der Waals surface area contributed by atoms with Gasteiger partial charge < -0.3 is 5.32 Å². The third-order valence-corrected chi connectivity index (χ3v) is 4.17. The molecule has 17 heavy (non-hydrogen) atoms. The van der Waals surface area contributed by atoms with Crippen LogP contribution in [0.25, 0.3) is 0 Å². The van der Waals surface area contributed by atoms with E-state index in [2.05, 4.69) is 37.1 Å². The van der Waals surface area contributed by atoms with Gasteiger partial charge in [0.1, 0.15) is 5.03 Å². The maximum Gasteiger partial charge on any atom is 0.100 e. The molecule has 0 fully saturated rings. The Kier molecular flexibility index (Phi) is 7.29. The summed E-state index contributed by atoms with van der Waals surface area (Å²) < 4.78 is 0. The molecule has 0 aliphatic carbocycles. The molecule has 0 aliphatic rings. The number of hydrogen-bond acceptors (Lipinski definition) is 3. The summed E-state index contributed by atoms with van der Waals surface area (Å²) in [6, 6.07) is 4.20. The first kappa shape index (κ1) is 14.5. The van der Waals surface area contributed by atoms with Crippen LogP contribution < -0.4 is 5.32 Å². The van der Waals surface area contributed by atoms with E-state index in [0.29, 0.717) is 0 Å². The zero-order valence-electron chi connectivity index (χ0n) is 11.2. The van der Waals surface area contributed by atoms with Gasteiger partial charge in [-0.3, -0.25) is 0 Å². The van der Waals surface area contributed by atoms with E-state index in [0.717, 1.165) is 24.8 Å². The van der Waals surface area contributed by atoms with Gasteiger partial charge in [0.15, 0.2) is 0 Å². The van der Waals surface area contributed by atoms with Crippen LogP contribution in [0.2, 0.25) is 0 Å². The lowest BCUT2D eigenvalue weighted by Gasteiger charge is -2.11. The van der Waals surface area contributed by atoms with Gasteiger partial charge in [-0.1, -0.05) is 33.3 Å². The number of rotatable bonds is 8. The van der Waals surface area contributed by atoms with Gasteiger partial charge in [-0.15, -0.1) is 11.8 Å². The Balaban J connectivity index is 2.51. The molecule has 1 unspecified atom stereocenters. The van der Waals surface area contributed by atoms with E-state index in [1.807, 2.05) is 24.0 Å². The topological polar surface area (TPSA) is 24.9 Å². The number of nitrogens with zero attached hydrogens (tertiary/aromatic N) is 1. The highest BCUT2D eigenvalue weighted by Gasteiger charge is 2.06. The van der Waals surface area contributed by atoms with Crippen LogP contribution in [0.5, 0.6) is 0 Å². The van der Waals surface area contributed by atoms with Gasteiger partial charge in [0, 0.05) is 18.5 Å². The van der Waals surface area contributed by atoms with Crippen molar-refractivity contribution in [1.29, 1.82) is 0 Å². The molecular weight excluding hydrogens is 228 g/mol. The van der Waals surface area contributed by atoms with Crippen LogP contribution in [0.3, 0.4) is 0 Å². The molecule has 0 radical (unpaired) electrons. The number of pyridine rings is 1. The van der Waals surface area contributed by atoms with Crippen molar-refractivity contribution in [3.63, 3.8) is 0 Å². The van der Waals surface area contributed by atoms with Crippen molar-refractivity contribution in [2.24, 2.45) is 5.92 Å².